The van der Waals surface area contributed by atoms with Crippen molar-refractivity contribution in [2.24, 2.45) is 5.73 Å². The molecule has 2 N–H and O–H groups in total. The van der Waals surface area contributed by atoms with Gasteiger partial charge in [0.1, 0.15) is 0 Å². The molecule has 0 atom stereocenters. The number of allylic oxidation sites excluding steroid dienone is 1. The average molecular weight is 235 g/mol. The van der Waals surface area contributed by atoms with Gasteiger partial charge in [-0.2, -0.15) is 0 Å². The Morgan fingerprint density at radius 2 is 2.19 bits per heavy atom. The van der Waals surface area contributed by atoms with Crippen LogP contribution in [0.15, 0.2) is 30.3 Å². The molecule has 0 fully saturated rings. The molecule has 0 aliphatic heterocycles. The number of hydrogen-bond acceptors (Lipinski definition) is 3. The second-order valence-corrected chi connectivity index (χ2v) is 4.71. The first-order valence-electron chi connectivity index (χ1n) is 5.32. The van der Waals surface area contributed by atoms with Gasteiger partial charge in [-0.05, 0) is 17.5 Å². The minimum atomic E-state index is 0.177. The van der Waals surface area contributed by atoms with Crippen molar-refractivity contribution in [3.63, 3.8) is 0 Å². The van der Waals surface area contributed by atoms with Crippen LogP contribution in [0.25, 0.3) is 6.08 Å². The van der Waals surface area contributed by atoms with Gasteiger partial charge >= 0.3 is 0 Å². The first-order valence-corrected chi connectivity index (χ1v) is 6.30. The number of thioether (sulfide) groups is 1. The van der Waals surface area contributed by atoms with Gasteiger partial charge in [0.25, 0.3) is 0 Å². The van der Waals surface area contributed by atoms with E-state index in [2.05, 4.69) is 18.2 Å². The SMILES string of the molecule is CC(=O)SCCC=Cc1ccccc1CN. The van der Waals surface area contributed by atoms with Crippen LogP contribution in [0.4, 0.5) is 0 Å². The molecule has 0 aromatic heterocycles. The molecule has 0 bridgehead atoms. The summed E-state index contributed by atoms with van der Waals surface area (Å²) in [7, 11) is 0. The minimum absolute atomic E-state index is 0.177. The summed E-state index contributed by atoms with van der Waals surface area (Å²) in [6.45, 7) is 2.15. The third-order valence-electron chi connectivity index (χ3n) is 2.16. The molecule has 0 unspecified atom stereocenters. The highest BCUT2D eigenvalue weighted by Crippen LogP contribution is 2.11. The minimum Gasteiger partial charge on any atom is -0.326 e. The lowest BCUT2D eigenvalue weighted by atomic mass is 10.1. The van der Waals surface area contributed by atoms with Crippen LogP contribution in [0.2, 0.25) is 0 Å². The highest BCUT2D eigenvalue weighted by Gasteiger charge is 1.95. The highest BCUT2D eigenvalue weighted by atomic mass is 32.2. The topological polar surface area (TPSA) is 43.1 Å². The number of hydrogen-bond donors (Lipinski definition) is 1. The van der Waals surface area contributed by atoms with Crippen molar-refractivity contribution in [2.45, 2.75) is 19.9 Å². The monoisotopic (exact) mass is 235 g/mol. The average Bonchev–Trinajstić information content (AvgIpc) is 2.29. The van der Waals surface area contributed by atoms with Crippen molar-refractivity contribution >= 4 is 23.0 Å². The Hall–Kier alpha value is -1.06. The zero-order valence-electron chi connectivity index (χ0n) is 9.48. The van der Waals surface area contributed by atoms with E-state index in [-0.39, 0.29) is 5.12 Å². The summed E-state index contributed by atoms with van der Waals surface area (Å²) in [6.07, 6.45) is 5.07. The molecule has 0 aliphatic rings. The third kappa shape index (κ3) is 4.64. The van der Waals surface area contributed by atoms with Crippen LogP contribution in [0.1, 0.15) is 24.5 Å². The quantitative estimate of drug-likeness (QED) is 0.798. The Bertz CT molecular complexity index is 374. The van der Waals surface area contributed by atoms with E-state index in [0.717, 1.165) is 23.3 Å². The van der Waals surface area contributed by atoms with Gasteiger partial charge in [0.05, 0.1) is 0 Å². The summed E-state index contributed by atoms with van der Waals surface area (Å²) in [5.74, 6) is 0.844. The van der Waals surface area contributed by atoms with Crippen LogP contribution in [0.3, 0.4) is 0 Å². The second kappa shape index (κ2) is 7.25. The van der Waals surface area contributed by atoms with Crippen LogP contribution in [-0.4, -0.2) is 10.9 Å². The van der Waals surface area contributed by atoms with Crippen molar-refractivity contribution in [3.8, 4) is 0 Å². The molecule has 1 aromatic carbocycles. The number of carbonyl (C=O) groups excluding carboxylic acids is 1. The Morgan fingerprint density at radius 3 is 2.88 bits per heavy atom. The Labute approximate surface area is 101 Å². The van der Waals surface area contributed by atoms with Crippen LogP contribution in [-0.2, 0) is 11.3 Å². The van der Waals surface area contributed by atoms with Crippen molar-refractivity contribution in [1.29, 1.82) is 0 Å². The molecule has 16 heavy (non-hydrogen) atoms. The summed E-state index contributed by atoms with van der Waals surface area (Å²) in [6, 6.07) is 8.08. The number of benzene rings is 1. The second-order valence-electron chi connectivity index (χ2n) is 3.43. The van der Waals surface area contributed by atoms with E-state index in [1.807, 2.05) is 18.2 Å². The van der Waals surface area contributed by atoms with E-state index in [0.29, 0.717) is 6.54 Å². The molecule has 0 heterocycles. The van der Waals surface area contributed by atoms with Gasteiger partial charge in [-0.3, -0.25) is 4.79 Å². The van der Waals surface area contributed by atoms with Gasteiger partial charge in [0.15, 0.2) is 5.12 Å². The van der Waals surface area contributed by atoms with Crippen molar-refractivity contribution in [1.82, 2.24) is 0 Å². The van der Waals surface area contributed by atoms with Gasteiger partial charge in [-0.1, -0.05) is 48.2 Å². The fourth-order valence-electron chi connectivity index (χ4n) is 1.36. The largest absolute Gasteiger partial charge is 0.326 e. The molecule has 0 radical (unpaired) electrons. The molecule has 2 nitrogen and oxygen atoms in total. The molecule has 1 rings (SSSR count). The molecule has 86 valence electrons. The summed E-state index contributed by atoms with van der Waals surface area (Å²) in [5, 5.41) is 0.177. The van der Waals surface area contributed by atoms with Gasteiger partial charge in [0, 0.05) is 19.2 Å². The lowest BCUT2D eigenvalue weighted by Gasteiger charge is -2.01. The fourth-order valence-corrected chi connectivity index (χ4v) is 1.91. The number of nitrogens with two attached hydrogens (primary N) is 1. The van der Waals surface area contributed by atoms with Gasteiger partial charge in [-0.25, -0.2) is 0 Å². The summed E-state index contributed by atoms with van der Waals surface area (Å²) >= 11 is 1.36. The zero-order chi connectivity index (χ0) is 11.8. The van der Waals surface area contributed by atoms with E-state index in [9.17, 15) is 4.79 Å². The smallest absolute Gasteiger partial charge is 0.185 e. The Morgan fingerprint density at radius 1 is 1.44 bits per heavy atom. The van der Waals surface area contributed by atoms with Gasteiger partial charge in [0.2, 0.25) is 0 Å². The normalized spacial score (nSPS) is 10.9. The third-order valence-corrected chi connectivity index (χ3v) is 3.01. The lowest BCUT2D eigenvalue weighted by Crippen LogP contribution is -1.98. The van der Waals surface area contributed by atoms with E-state index < -0.39 is 0 Å². The zero-order valence-corrected chi connectivity index (χ0v) is 10.3. The number of rotatable bonds is 5. The van der Waals surface area contributed by atoms with E-state index in [4.69, 9.17) is 5.73 Å². The first-order chi connectivity index (χ1) is 7.74. The van der Waals surface area contributed by atoms with Crippen molar-refractivity contribution in [2.75, 3.05) is 5.75 Å². The van der Waals surface area contributed by atoms with Crippen molar-refractivity contribution < 1.29 is 4.79 Å². The van der Waals surface area contributed by atoms with E-state index >= 15 is 0 Å². The van der Waals surface area contributed by atoms with Crippen LogP contribution < -0.4 is 5.73 Å². The molecular formula is C13H17NOS. The Kier molecular flexibility index (Phi) is 5.90. The Balaban J connectivity index is 2.46. The molecule has 1 aromatic rings. The molecule has 0 amide bonds. The molecule has 3 heteroatoms. The van der Waals surface area contributed by atoms with E-state index in [1.54, 1.807) is 6.92 Å². The predicted molar refractivity (Wildman–Crippen MR) is 71.1 cm³/mol. The predicted octanol–water partition coefficient (Wildman–Crippen LogP) is 2.83. The molecule has 0 spiro atoms. The van der Waals surface area contributed by atoms with Gasteiger partial charge in [-0.15, -0.1) is 0 Å². The summed E-state index contributed by atoms with van der Waals surface area (Å²) in [5.41, 5.74) is 7.95. The molecule has 0 saturated carbocycles. The molecule has 0 aliphatic carbocycles. The first kappa shape index (κ1) is 13.0. The summed E-state index contributed by atoms with van der Waals surface area (Å²) < 4.78 is 0. The maximum absolute atomic E-state index is 10.7. The van der Waals surface area contributed by atoms with Crippen LogP contribution in [0, 0.1) is 0 Å². The highest BCUT2D eigenvalue weighted by molar-refractivity contribution is 8.13. The molecular weight excluding hydrogens is 218 g/mol. The maximum atomic E-state index is 10.7. The van der Waals surface area contributed by atoms with Crippen LogP contribution in [0.5, 0.6) is 0 Å². The lowest BCUT2D eigenvalue weighted by molar-refractivity contribution is -0.109. The summed E-state index contributed by atoms with van der Waals surface area (Å²) in [4.78, 5) is 10.7. The number of carbonyl (C=O) groups is 1. The van der Waals surface area contributed by atoms with Crippen LogP contribution >= 0.6 is 11.8 Å². The van der Waals surface area contributed by atoms with E-state index in [1.165, 1.54) is 11.8 Å². The molecule has 0 saturated heterocycles. The van der Waals surface area contributed by atoms with Crippen molar-refractivity contribution in [3.05, 3.63) is 41.5 Å². The maximum Gasteiger partial charge on any atom is 0.185 e. The standard InChI is InChI=1S/C13H17NOS/c1-11(15)16-9-5-4-7-12-6-2-3-8-13(12)10-14/h2-4,6-8H,5,9-10,14H2,1H3. The fraction of sp³-hybridized carbons (Fsp3) is 0.308. The van der Waals surface area contributed by atoms with Gasteiger partial charge < -0.3 is 5.73 Å².